The quantitative estimate of drug-likeness (QED) is 0.624. The molecule has 140 valence electrons. The zero-order valence-corrected chi connectivity index (χ0v) is 16.6. The molecule has 0 saturated heterocycles. The Kier molecular flexibility index (Phi) is 5.81. The number of methoxy groups -OCH3 is 1. The molecule has 3 rings (SSSR count). The molecule has 27 heavy (non-hydrogen) atoms. The molecule has 2 N–H and O–H groups in total. The molecule has 2 aromatic carbocycles. The molecular weight excluding hydrogens is 360 g/mol. The van der Waals surface area contributed by atoms with E-state index in [0.717, 1.165) is 22.6 Å². The van der Waals surface area contributed by atoms with Gasteiger partial charge in [0.05, 0.1) is 12.4 Å². The minimum absolute atomic E-state index is 0.0808. The molecule has 0 bridgehead atoms. The van der Waals surface area contributed by atoms with Crippen molar-refractivity contribution in [2.75, 3.05) is 12.4 Å². The van der Waals surface area contributed by atoms with Gasteiger partial charge < -0.3 is 10.1 Å². The smallest absolute Gasteiger partial charge is 0.237 e. The van der Waals surface area contributed by atoms with Gasteiger partial charge >= 0.3 is 0 Å². The molecule has 1 heterocycles. The summed E-state index contributed by atoms with van der Waals surface area (Å²) in [5, 5.41) is 10.3. The maximum Gasteiger partial charge on any atom is 0.237 e. The minimum atomic E-state index is -0.328. The number of amides is 1. The summed E-state index contributed by atoms with van der Waals surface area (Å²) in [6, 6.07) is 13.5. The van der Waals surface area contributed by atoms with Gasteiger partial charge in [-0.15, -0.1) is 5.10 Å². The van der Waals surface area contributed by atoms with Crippen LogP contribution in [0.2, 0.25) is 0 Å². The van der Waals surface area contributed by atoms with Crippen LogP contribution in [0.1, 0.15) is 18.1 Å². The summed E-state index contributed by atoms with van der Waals surface area (Å²) >= 11 is 1.31. The normalized spacial score (nSPS) is 11.9. The summed E-state index contributed by atoms with van der Waals surface area (Å²) in [4.78, 5) is 17.0. The standard InChI is InChI=1S/C20H22N4O2S/c1-12-5-10-17(13(2)11-12)21-19(25)14(3)27-20-22-18(23-24-20)15-6-8-16(26-4)9-7-15/h5-11,14H,1-4H3,(H,21,25)(H,22,23,24)/t14-/m1/s1. The lowest BCUT2D eigenvalue weighted by Crippen LogP contribution is -2.23. The van der Waals surface area contributed by atoms with Gasteiger partial charge in [0.2, 0.25) is 11.1 Å². The van der Waals surface area contributed by atoms with Crippen molar-refractivity contribution >= 4 is 23.4 Å². The van der Waals surface area contributed by atoms with Crippen LogP contribution in [0.3, 0.4) is 0 Å². The first-order valence-electron chi connectivity index (χ1n) is 8.58. The number of aromatic nitrogens is 3. The lowest BCUT2D eigenvalue weighted by Gasteiger charge is -2.12. The number of hydrogen-bond donors (Lipinski definition) is 2. The largest absolute Gasteiger partial charge is 0.497 e. The van der Waals surface area contributed by atoms with Crippen molar-refractivity contribution in [3.63, 3.8) is 0 Å². The van der Waals surface area contributed by atoms with E-state index in [1.54, 1.807) is 7.11 Å². The van der Waals surface area contributed by atoms with E-state index in [9.17, 15) is 4.79 Å². The number of aryl methyl sites for hydroxylation is 2. The van der Waals surface area contributed by atoms with Gasteiger partial charge in [0.15, 0.2) is 5.82 Å². The Balaban J connectivity index is 1.64. The molecule has 0 spiro atoms. The molecule has 7 heteroatoms. The molecule has 0 fully saturated rings. The van der Waals surface area contributed by atoms with E-state index in [2.05, 4.69) is 20.5 Å². The van der Waals surface area contributed by atoms with Crippen LogP contribution < -0.4 is 10.1 Å². The van der Waals surface area contributed by atoms with Gasteiger partial charge in [0.25, 0.3) is 0 Å². The van der Waals surface area contributed by atoms with Crippen molar-refractivity contribution in [2.24, 2.45) is 0 Å². The van der Waals surface area contributed by atoms with Gasteiger partial charge in [-0.2, -0.15) is 0 Å². The van der Waals surface area contributed by atoms with Crippen molar-refractivity contribution in [2.45, 2.75) is 31.2 Å². The molecule has 1 atom stereocenters. The van der Waals surface area contributed by atoms with Crippen LogP contribution >= 0.6 is 11.8 Å². The number of carbonyl (C=O) groups is 1. The number of rotatable bonds is 6. The molecule has 0 saturated carbocycles. The van der Waals surface area contributed by atoms with Gasteiger partial charge in [-0.3, -0.25) is 9.89 Å². The first kappa shape index (κ1) is 19.0. The average molecular weight is 382 g/mol. The fourth-order valence-corrected chi connectivity index (χ4v) is 3.30. The minimum Gasteiger partial charge on any atom is -0.497 e. The van der Waals surface area contributed by atoms with Crippen molar-refractivity contribution < 1.29 is 9.53 Å². The van der Waals surface area contributed by atoms with E-state index in [4.69, 9.17) is 4.74 Å². The van der Waals surface area contributed by atoms with Crippen LogP contribution in [0.4, 0.5) is 5.69 Å². The second-order valence-electron chi connectivity index (χ2n) is 6.26. The van der Waals surface area contributed by atoms with Crippen LogP contribution in [-0.2, 0) is 4.79 Å². The zero-order chi connectivity index (χ0) is 19.4. The van der Waals surface area contributed by atoms with Gasteiger partial charge in [0, 0.05) is 11.3 Å². The molecule has 3 aromatic rings. The number of carbonyl (C=O) groups excluding carboxylic acids is 1. The summed E-state index contributed by atoms with van der Waals surface area (Å²) in [6.45, 7) is 5.85. The second kappa shape index (κ2) is 8.26. The number of thioether (sulfide) groups is 1. The fraction of sp³-hybridized carbons (Fsp3) is 0.250. The first-order valence-corrected chi connectivity index (χ1v) is 9.46. The topological polar surface area (TPSA) is 79.9 Å². The van der Waals surface area contributed by atoms with E-state index >= 15 is 0 Å². The van der Waals surface area contributed by atoms with Crippen LogP contribution in [0.5, 0.6) is 5.75 Å². The number of benzene rings is 2. The van der Waals surface area contributed by atoms with E-state index in [0.29, 0.717) is 11.0 Å². The fourth-order valence-electron chi connectivity index (χ4n) is 2.58. The van der Waals surface area contributed by atoms with Gasteiger partial charge in [-0.25, -0.2) is 4.98 Å². The van der Waals surface area contributed by atoms with E-state index < -0.39 is 0 Å². The maximum atomic E-state index is 12.5. The highest BCUT2D eigenvalue weighted by Gasteiger charge is 2.18. The van der Waals surface area contributed by atoms with Crippen molar-refractivity contribution in [1.82, 2.24) is 15.2 Å². The van der Waals surface area contributed by atoms with Gasteiger partial charge in [0.1, 0.15) is 5.75 Å². The molecule has 1 aromatic heterocycles. The molecule has 0 unspecified atom stereocenters. The number of hydrogen-bond acceptors (Lipinski definition) is 5. The maximum absolute atomic E-state index is 12.5. The molecule has 6 nitrogen and oxygen atoms in total. The summed E-state index contributed by atoms with van der Waals surface area (Å²) in [5.41, 5.74) is 3.94. The number of anilines is 1. The third kappa shape index (κ3) is 4.68. The number of nitrogens with zero attached hydrogens (tertiary/aromatic N) is 2. The highest BCUT2D eigenvalue weighted by molar-refractivity contribution is 8.00. The third-order valence-electron chi connectivity index (χ3n) is 4.12. The number of H-pyrrole nitrogens is 1. The summed E-state index contributed by atoms with van der Waals surface area (Å²) in [6.07, 6.45) is 0. The summed E-state index contributed by atoms with van der Waals surface area (Å²) in [5.74, 6) is 1.36. The predicted molar refractivity (Wildman–Crippen MR) is 108 cm³/mol. The predicted octanol–water partition coefficient (Wildman–Crippen LogP) is 4.22. The Hall–Kier alpha value is -2.80. The van der Waals surface area contributed by atoms with Crippen LogP contribution in [0, 0.1) is 13.8 Å². The summed E-state index contributed by atoms with van der Waals surface area (Å²) < 4.78 is 5.16. The lowest BCUT2D eigenvalue weighted by atomic mass is 10.1. The average Bonchev–Trinajstić information content (AvgIpc) is 3.12. The number of ether oxygens (including phenoxy) is 1. The monoisotopic (exact) mass is 382 g/mol. The van der Waals surface area contributed by atoms with Crippen LogP contribution in [0.15, 0.2) is 47.6 Å². The summed E-state index contributed by atoms with van der Waals surface area (Å²) in [7, 11) is 1.63. The lowest BCUT2D eigenvalue weighted by molar-refractivity contribution is -0.115. The van der Waals surface area contributed by atoms with Crippen molar-refractivity contribution in [1.29, 1.82) is 0 Å². The molecule has 1 amide bonds. The highest BCUT2D eigenvalue weighted by atomic mass is 32.2. The van der Waals surface area contributed by atoms with E-state index in [-0.39, 0.29) is 11.2 Å². The molecular formula is C20H22N4O2S. The number of aromatic amines is 1. The Labute approximate surface area is 162 Å². The zero-order valence-electron chi connectivity index (χ0n) is 15.7. The van der Waals surface area contributed by atoms with E-state index in [1.807, 2.05) is 63.2 Å². The Bertz CT molecular complexity index is 937. The van der Waals surface area contributed by atoms with Crippen LogP contribution in [-0.4, -0.2) is 33.4 Å². The van der Waals surface area contributed by atoms with Gasteiger partial charge in [-0.1, -0.05) is 29.5 Å². The third-order valence-corrected chi connectivity index (χ3v) is 5.08. The highest BCUT2D eigenvalue weighted by Crippen LogP contribution is 2.25. The SMILES string of the molecule is COc1ccc(-c2nc(S[C@H](C)C(=O)Nc3ccc(C)cc3C)n[nH]2)cc1. The van der Waals surface area contributed by atoms with Crippen LogP contribution in [0.25, 0.3) is 11.4 Å². The van der Waals surface area contributed by atoms with E-state index in [1.165, 1.54) is 17.3 Å². The second-order valence-corrected chi connectivity index (χ2v) is 7.57. The Morgan fingerprint density at radius 3 is 2.59 bits per heavy atom. The van der Waals surface area contributed by atoms with Gasteiger partial charge in [-0.05, 0) is 56.7 Å². The van der Waals surface area contributed by atoms with Crippen molar-refractivity contribution in [3.8, 4) is 17.1 Å². The van der Waals surface area contributed by atoms with Crippen molar-refractivity contribution in [3.05, 3.63) is 53.6 Å². The molecule has 0 radical (unpaired) electrons. The molecule has 0 aliphatic carbocycles. The Morgan fingerprint density at radius 2 is 1.93 bits per heavy atom. The Morgan fingerprint density at radius 1 is 1.19 bits per heavy atom. The first-order chi connectivity index (χ1) is 13.0. The molecule has 0 aliphatic rings. The number of nitrogens with one attached hydrogen (secondary N) is 2. The molecule has 0 aliphatic heterocycles.